The summed E-state index contributed by atoms with van der Waals surface area (Å²) >= 11 is 1.92. The summed E-state index contributed by atoms with van der Waals surface area (Å²) < 4.78 is 6.31. The van der Waals surface area contributed by atoms with Crippen molar-refractivity contribution in [3.63, 3.8) is 0 Å². The average Bonchev–Trinajstić information content (AvgIpc) is 3.22. The Bertz CT molecular complexity index is 746. The van der Waals surface area contributed by atoms with Crippen LogP contribution >= 0.6 is 11.3 Å². The summed E-state index contributed by atoms with van der Waals surface area (Å²) in [7, 11) is 0. The average molecular weight is 326 g/mol. The largest absolute Gasteiger partial charge is 0.369 e. The van der Waals surface area contributed by atoms with E-state index >= 15 is 0 Å². The van der Waals surface area contributed by atoms with E-state index in [4.69, 9.17) is 9.72 Å². The number of nitrogens with zero attached hydrogens (tertiary/aromatic N) is 1. The molecular formula is C19H22N2OS. The van der Waals surface area contributed by atoms with Crippen LogP contribution in [0.5, 0.6) is 0 Å². The SMILES string of the molecule is c1cc2c(nc1-c1cc3c(s1)C1(CCNCC1)OCC3)CCC2. The molecule has 0 unspecified atom stereocenters. The van der Waals surface area contributed by atoms with Crippen LogP contribution in [0.2, 0.25) is 0 Å². The molecule has 0 radical (unpaired) electrons. The molecule has 3 aliphatic rings. The Hall–Kier alpha value is -1.23. The predicted molar refractivity (Wildman–Crippen MR) is 93.0 cm³/mol. The molecule has 2 aliphatic heterocycles. The van der Waals surface area contributed by atoms with Gasteiger partial charge in [0.1, 0.15) is 5.60 Å². The number of pyridine rings is 1. The number of piperidine rings is 1. The van der Waals surface area contributed by atoms with Crippen LogP contribution in [0.3, 0.4) is 0 Å². The van der Waals surface area contributed by atoms with Gasteiger partial charge in [-0.25, -0.2) is 0 Å². The van der Waals surface area contributed by atoms with Crippen LogP contribution in [0.15, 0.2) is 18.2 Å². The second kappa shape index (κ2) is 5.40. The first-order valence-electron chi connectivity index (χ1n) is 8.81. The standard InChI is InChI=1S/C19H22N2OS/c1-2-13-4-5-16(21-15(13)3-1)17-12-14-6-11-22-19(18(14)23-17)7-9-20-10-8-19/h4-5,12,20H,1-3,6-11H2. The topological polar surface area (TPSA) is 34.2 Å². The lowest BCUT2D eigenvalue weighted by atomic mass is 9.86. The number of nitrogens with one attached hydrogen (secondary N) is 1. The third-order valence-electron chi connectivity index (χ3n) is 5.56. The summed E-state index contributed by atoms with van der Waals surface area (Å²) in [5.41, 5.74) is 5.41. The minimum atomic E-state index is -0.0293. The maximum atomic E-state index is 6.31. The first-order valence-corrected chi connectivity index (χ1v) is 9.63. The number of thiophene rings is 1. The molecule has 4 heterocycles. The van der Waals surface area contributed by atoms with Crippen LogP contribution in [0.1, 0.15) is 41.0 Å². The zero-order chi connectivity index (χ0) is 15.3. The van der Waals surface area contributed by atoms with E-state index in [1.807, 2.05) is 11.3 Å². The monoisotopic (exact) mass is 326 g/mol. The first kappa shape index (κ1) is 14.1. The number of ether oxygens (including phenoxy) is 1. The fourth-order valence-electron chi connectivity index (χ4n) is 4.31. The molecule has 4 heteroatoms. The highest BCUT2D eigenvalue weighted by atomic mass is 32.1. The van der Waals surface area contributed by atoms with E-state index in [2.05, 4.69) is 23.5 Å². The lowest BCUT2D eigenvalue weighted by Gasteiger charge is -2.40. The highest BCUT2D eigenvalue weighted by Crippen LogP contribution is 2.46. The summed E-state index contributed by atoms with van der Waals surface area (Å²) in [5.74, 6) is 0. The van der Waals surface area contributed by atoms with E-state index in [-0.39, 0.29) is 5.60 Å². The van der Waals surface area contributed by atoms with Gasteiger partial charge in [-0.2, -0.15) is 0 Å². The van der Waals surface area contributed by atoms with Crippen molar-refractivity contribution in [2.24, 2.45) is 0 Å². The fourth-order valence-corrected chi connectivity index (χ4v) is 5.69. The van der Waals surface area contributed by atoms with Crippen LogP contribution in [0.25, 0.3) is 10.6 Å². The maximum Gasteiger partial charge on any atom is 0.105 e. The van der Waals surface area contributed by atoms with Gasteiger partial charge in [0.15, 0.2) is 0 Å². The van der Waals surface area contributed by atoms with E-state index in [0.717, 1.165) is 51.1 Å². The third kappa shape index (κ3) is 2.27. The minimum Gasteiger partial charge on any atom is -0.369 e. The summed E-state index contributed by atoms with van der Waals surface area (Å²) in [6.45, 7) is 2.98. The summed E-state index contributed by atoms with van der Waals surface area (Å²) in [6, 6.07) is 6.90. The van der Waals surface area contributed by atoms with Crippen LogP contribution in [-0.4, -0.2) is 24.7 Å². The van der Waals surface area contributed by atoms with Crippen molar-refractivity contribution in [3.05, 3.63) is 39.9 Å². The van der Waals surface area contributed by atoms with E-state index in [1.54, 1.807) is 0 Å². The van der Waals surface area contributed by atoms with Gasteiger partial charge in [-0.15, -0.1) is 11.3 Å². The zero-order valence-corrected chi connectivity index (χ0v) is 14.2. The van der Waals surface area contributed by atoms with Gasteiger partial charge in [-0.05, 0) is 74.9 Å². The highest BCUT2D eigenvalue weighted by molar-refractivity contribution is 7.15. The molecule has 1 fully saturated rings. The van der Waals surface area contributed by atoms with Crippen LogP contribution in [0.4, 0.5) is 0 Å². The summed E-state index contributed by atoms with van der Waals surface area (Å²) in [5, 5.41) is 3.47. The molecule has 0 aromatic carbocycles. The molecule has 0 saturated carbocycles. The van der Waals surface area contributed by atoms with Gasteiger partial charge in [0.2, 0.25) is 0 Å². The summed E-state index contributed by atoms with van der Waals surface area (Å²) in [6.07, 6.45) is 6.85. The van der Waals surface area contributed by atoms with Gasteiger partial charge in [0.25, 0.3) is 0 Å². The molecule has 3 nitrogen and oxygen atoms in total. The molecule has 120 valence electrons. The Morgan fingerprint density at radius 2 is 2.00 bits per heavy atom. The van der Waals surface area contributed by atoms with Gasteiger partial charge in [0.05, 0.1) is 17.2 Å². The zero-order valence-electron chi connectivity index (χ0n) is 13.4. The quantitative estimate of drug-likeness (QED) is 0.871. The Morgan fingerprint density at radius 1 is 1.09 bits per heavy atom. The van der Waals surface area contributed by atoms with Crippen LogP contribution < -0.4 is 5.32 Å². The number of aryl methyl sites for hydroxylation is 2. The smallest absolute Gasteiger partial charge is 0.105 e. The Balaban J connectivity index is 1.56. The van der Waals surface area contributed by atoms with Crippen molar-refractivity contribution < 1.29 is 4.74 Å². The van der Waals surface area contributed by atoms with Crippen LogP contribution in [0, 0.1) is 0 Å². The number of rotatable bonds is 1. The van der Waals surface area contributed by atoms with Crippen molar-refractivity contribution in [2.45, 2.75) is 44.1 Å². The van der Waals surface area contributed by atoms with E-state index in [0.29, 0.717) is 0 Å². The first-order chi connectivity index (χ1) is 11.3. The molecule has 1 N–H and O–H groups in total. The highest BCUT2D eigenvalue weighted by Gasteiger charge is 2.40. The normalized spacial score (nSPS) is 22.1. The lowest BCUT2D eigenvalue weighted by Crippen LogP contribution is -2.43. The molecule has 1 saturated heterocycles. The molecular weight excluding hydrogens is 304 g/mol. The van der Waals surface area contributed by atoms with E-state index in [9.17, 15) is 0 Å². The maximum absolute atomic E-state index is 6.31. The van der Waals surface area contributed by atoms with E-state index in [1.165, 1.54) is 39.4 Å². The van der Waals surface area contributed by atoms with Gasteiger partial charge in [-0.1, -0.05) is 6.07 Å². The van der Waals surface area contributed by atoms with Gasteiger partial charge < -0.3 is 10.1 Å². The molecule has 0 atom stereocenters. The second-order valence-corrected chi connectivity index (χ2v) is 8.02. The fraction of sp³-hybridized carbons (Fsp3) is 0.526. The minimum absolute atomic E-state index is 0.0293. The van der Waals surface area contributed by atoms with Crippen molar-refractivity contribution in [1.29, 1.82) is 0 Å². The number of fused-ring (bicyclic) bond motifs is 3. The Morgan fingerprint density at radius 3 is 2.91 bits per heavy atom. The van der Waals surface area contributed by atoms with Crippen molar-refractivity contribution >= 4 is 11.3 Å². The molecule has 23 heavy (non-hydrogen) atoms. The number of hydrogen-bond donors (Lipinski definition) is 1. The number of aromatic nitrogens is 1. The van der Waals surface area contributed by atoms with Crippen LogP contribution in [-0.2, 0) is 29.6 Å². The molecule has 5 rings (SSSR count). The van der Waals surface area contributed by atoms with E-state index < -0.39 is 0 Å². The second-order valence-electron chi connectivity index (χ2n) is 6.96. The Labute approximate surface area is 141 Å². The third-order valence-corrected chi connectivity index (χ3v) is 6.95. The lowest BCUT2D eigenvalue weighted by molar-refractivity contribution is -0.0771. The Kier molecular flexibility index (Phi) is 3.32. The number of hydrogen-bond acceptors (Lipinski definition) is 4. The molecule has 2 aromatic heterocycles. The molecule has 1 spiro atoms. The molecule has 0 amide bonds. The summed E-state index contributed by atoms with van der Waals surface area (Å²) in [4.78, 5) is 7.76. The van der Waals surface area contributed by atoms with Gasteiger partial charge in [-0.3, -0.25) is 4.98 Å². The van der Waals surface area contributed by atoms with Crippen molar-refractivity contribution in [3.8, 4) is 10.6 Å². The van der Waals surface area contributed by atoms with Crippen molar-refractivity contribution in [2.75, 3.05) is 19.7 Å². The molecule has 0 bridgehead atoms. The van der Waals surface area contributed by atoms with Gasteiger partial charge >= 0.3 is 0 Å². The molecule has 2 aromatic rings. The molecule has 1 aliphatic carbocycles. The van der Waals surface area contributed by atoms with Gasteiger partial charge in [0, 0.05) is 10.6 Å². The van der Waals surface area contributed by atoms with Crippen molar-refractivity contribution in [1.82, 2.24) is 10.3 Å². The predicted octanol–water partition coefficient (Wildman–Crippen LogP) is 3.45.